The zero-order valence-electron chi connectivity index (χ0n) is 14.2. The van der Waals surface area contributed by atoms with Gasteiger partial charge in [0.1, 0.15) is 0 Å². The summed E-state index contributed by atoms with van der Waals surface area (Å²) in [6.07, 6.45) is 4.31. The minimum atomic E-state index is -0.281. The molecular weight excluding hydrogens is 308 g/mol. The zero-order valence-corrected chi connectivity index (χ0v) is 14.2. The van der Waals surface area contributed by atoms with Gasteiger partial charge in [0.05, 0.1) is 16.9 Å². The van der Waals surface area contributed by atoms with Crippen molar-refractivity contribution in [1.82, 2.24) is 15.1 Å². The van der Waals surface area contributed by atoms with Gasteiger partial charge in [-0.1, -0.05) is 48.5 Å². The van der Waals surface area contributed by atoms with E-state index in [1.807, 2.05) is 23.1 Å². The second kappa shape index (κ2) is 6.10. The van der Waals surface area contributed by atoms with E-state index in [0.29, 0.717) is 0 Å². The summed E-state index contributed by atoms with van der Waals surface area (Å²) < 4.78 is 0. The molecule has 0 spiro atoms. The molecule has 1 N–H and O–H groups in total. The zero-order chi connectivity index (χ0) is 17.3. The number of hydrogen-bond acceptors (Lipinski definition) is 3. The molecule has 1 aliphatic rings. The number of nitriles is 1. The van der Waals surface area contributed by atoms with Gasteiger partial charge in [-0.05, 0) is 43.0 Å². The topological polar surface area (TPSA) is 55.7 Å². The van der Waals surface area contributed by atoms with Crippen molar-refractivity contribution in [3.05, 3.63) is 66.4 Å². The Morgan fingerprint density at radius 3 is 2.60 bits per heavy atom. The maximum atomic E-state index is 9.39. The van der Waals surface area contributed by atoms with E-state index in [-0.39, 0.29) is 5.54 Å². The van der Waals surface area contributed by atoms with Gasteiger partial charge in [-0.2, -0.15) is 10.4 Å². The molecule has 2 heterocycles. The van der Waals surface area contributed by atoms with Crippen molar-refractivity contribution in [3.8, 4) is 28.6 Å². The van der Waals surface area contributed by atoms with Crippen molar-refractivity contribution < 1.29 is 0 Å². The van der Waals surface area contributed by atoms with Crippen molar-refractivity contribution in [2.45, 2.75) is 25.3 Å². The molecule has 4 nitrogen and oxygen atoms in total. The first-order valence-electron chi connectivity index (χ1n) is 8.60. The minimum absolute atomic E-state index is 0.281. The van der Waals surface area contributed by atoms with Gasteiger partial charge in [-0.3, -0.25) is 10.00 Å². The number of hydrogen-bond donors (Lipinski definition) is 1. The Bertz CT molecular complexity index is 922. The van der Waals surface area contributed by atoms with Crippen LogP contribution in [-0.4, -0.2) is 21.6 Å². The fraction of sp³-hybridized carbons (Fsp3) is 0.238. The number of H-pyrrole nitrogens is 1. The van der Waals surface area contributed by atoms with Crippen LogP contribution >= 0.6 is 0 Å². The number of benzene rings is 2. The van der Waals surface area contributed by atoms with Crippen LogP contribution in [-0.2, 0) is 5.54 Å². The molecular formula is C21H20N4. The monoisotopic (exact) mass is 328 g/mol. The molecule has 3 aromatic rings. The van der Waals surface area contributed by atoms with Crippen molar-refractivity contribution in [2.75, 3.05) is 6.54 Å². The number of likely N-dealkylation sites (tertiary alicyclic amines) is 1. The molecule has 4 heteroatoms. The molecule has 1 fully saturated rings. The second-order valence-corrected chi connectivity index (χ2v) is 6.74. The molecule has 0 bridgehead atoms. The molecule has 0 amide bonds. The summed E-state index contributed by atoms with van der Waals surface area (Å²) in [5.74, 6) is 0. The smallest absolute Gasteiger partial charge is 0.180 e. The Labute approximate surface area is 147 Å². The third kappa shape index (κ3) is 2.68. The predicted octanol–water partition coefficient (Wildman–Crippen LogP) is 4.54. The molecule has 0 radical (unpaired) electrons. The van der Waals surface area contributed by atoms with E-state index in [9.17, 15) is 5.26 Å². The Hall–Kier alpha value is -3.06. The Kier molecular flexibility index (Phi) is 3.77. The highest BCUT2D eigenvalue weighted by molar-refractivity contribution is 5.71. The van der Waals surface area contributed by atoms with E-state index in [1.165, 1.54) is 11.1 Å². The van der Waals surface area contributed by atoms with Gasteiger partial charge >= 0.3 is 0 Å². The van der Waals surface area contributed by atoms with Gasteiger partial charge in [0, 0.05) is 12.1 Å². The van der Waals surface area contributed by atoms with E-state index in [4.69, 9.17) is 0 Å². The first kappa shape index (κ1) is 15.5. The fourth-order valence-corrected chi connectivity index (χ4v) is 3.64. The van der Waals surface area contributed by atoms with Crippen molar-refractivity contribution in [2.24, 2.45) is 0 Å². The summed E-state index contributed by atoms with van der Waals surface area (Å²) in [5.41, 5.74) is 5.09. The van der Waals surface area contributed by atoms with Crippen molar-refractivity contribution in [1.29, 1.82) is 5.26 Å². The number of nitrogens with zero attached hydrogens (tertiary/aromatic N) is 3. The average Bonchev–Trinajstić information content (AvgIpc) is 3.30. The van der Waals surface area contributed by atoms with Crippen molar-refractivity contribution >= 4 is 0 Å². The predicted molar refractivity (Wildman–Crippen MR) is 98.4 cm³/mol. The maximum Gasteiger partial charge on any atom is 0.180 e. The van der Waals surface area contributed by atoms with Crippen molar-refractivity contribution in [3.63, 3.8) is 0 Å². The van der Waals surface area contributed by atoms with Gasteiger partial charge in [0.2, 0.25) is 0 Å². The lowest BCUT2D eigenvalue weighted by Crippen LogP contribution is -2.35. The van der Waals surface area contributed by atoms with Gasteiger partial charge in [-0.15, -0.1) is 0 Å². The summed E-state index contributed by atoms with van der Waals surface area (Å²) in [6, 6.07) is 20.8. The largest absolute Gasteiger partial charge is 0.299 e. The average molecular weight is 328 g/mol. The summed E-state index contributed by atoms with van der Waals surface area (Å²) in [7, 11) is 0. The summed E-state index contributed by atoms with van der Waals surface area (Å²) in [4.78, 5) is 1.85. The van der Waals surface area contributed by atoms with Crippen LogP contribution in [0.15, 0.2) is 60.7 Å². The molecule has 1 aliphatic heterocycles. The minimum Gasteiger partial charge on any atom is -0.299 e. The number of aromatic amines is 1. The van der Waals surface area contributed by atoms with Crippen LogP contribution in [0.5, 0.6) is 0 Å². The first-order chi connectivity index (χ1) is 12.2. The molecule has 124 valence electrons. The molecule has 1 saturated heterocycles. The first-order valence-corrected chi connectivity index (χ1v) is 8.60. The number of rotatable bonds is 3. The van der Waals surface area contributed by atoms with E-state index < -0.39 is 0 Å². The van der Waals surface area contributed by atoms with Crippen LogP contribution in [0.25, 0.3) is 22.4 Å². The summed E-state index contributed by atoms with van der Waals surface area (Å²) in [6.45, 7) is 2.92. The number of nitrogens with one attached hydrogen (secondary N) is 1. The summed E-state index contributed by atoms with van der Waals surface area (Å²) >= 11 is 0. The second-order valence-electron chi connectivity index (χ2n) is 6.74. The Morgan fingerprint density at radius 2 is 1.80 bits per heavy atom. The molecule has 4 rings (SSSR count). The van der Waals surface area contributed by atoms with Gasteiger partial charge in [0.25, 0.3) is 0 Å². The third-order valence-electron chi connectivity index (χ3n) is 5.19. The molecule has 25 heavy (non-hydrogen) atoms. The third-order valence-corrected chi connectivity index (χ3v) is 5.19. The van der Waals surface area contributed by atoms with Crippen LogP contribution in [0.2, 0.25) is 0 Å². The Balaban J connectivity index is 1.68. The molecule has 2 aromatic carbocycles. The van der Waals surface area contributed by atoms with Crippen LogP contribution in [0.4, 0.5) is 0 Å². The quantitative estimate of drug-likeness (QED) is 0.718. The van der Waals surface area contributed by atoms with Gasteiger partial charge in [0.15, 0.2) is 6.19 Å². The van der Waals surface area contributed by atoms with Gasteiger partial charge in [-0.25, -0.2) is 0 Å². The van der Waals surface area contributed by atoms with Crippen LogP contribution in [0.3, 0.4) is 0 Å². The van der Waals surface area contributed by atoms with E-state index in [2.05, 4.69) is 65.8 Å². The van der Waals surface area contributed by atoms with E-state index >= 15 is 0 Å². The highest BCUT2D eigenvalue weighted by Gasteiger charge is 2.39. The highest BCUT2D eigenvalue weighted by Crippen LogP contribution is 2.38. The van der Waals surface area contributed by atoms with E-state index in [1.54, 1.807) is 0 Å². The van der Waals surface area contributed by atoms with E-state index in [0.717, 1.165) is 36.3 Å². The lowest BCUT2D eigenvalue weighted by Gasteiger charge is -2.29. The van der Waals surface area contributed by atoms with Crippen LogP contribution < -0.4 is 0 Å². The normalized spacial score (nSPS) is 19.8. The molecule has 1 aromatic heterocycles. The molecule has 0 saturated carbocycles. The number of aromatic nitrogens is 2. The molecule has 1 atom stereocenters. The standard InChI is InChI=1S/C21H20N4/c1-21(11-6-12-25(21)15-22)20-14-19(23-24-20)18-10-5-9-17(13-18)16-7-3-2-4-8-16/h2-5,7-10,13-14H,6,11-12H2,1H3,(H,23,24). The lowest BCUT2D eigenvalue weighted by molar-refractivity contribution is 0.233. The Morgan fingerprint density at radius 1 is 1.04 bits per heavy atom. The molecule has 0 aliphatic carbocycles. The van der Waals surface area contributed by atoms with Crippen LogP contribution in [0, 0.1) is 11.5 Å². The van der Waals surface area contributed by atoms with Gasteiger partial charge < -0.3 is 0 Å². The van der Waals surface area contributed by atoms with Crippen LogP contribution in [0.1, 0.15) is 25.5 Å². The lowest BCUT2D eigenvalue weighted by atomic mass is 9.94. The summed E-state index contributed by atoms with van der Waals surface area (Å²) in [5, 5.41) is 17.1. The molecule has 1 unspecified atom stereocenters. The SMILES string of the molecule is CC1(c2cc(-c3cccc(-c4ccccc4)c3)n[nH]2)CCCN1C#N. The fourth-order valence-electron chi connectivity index (χ4n) is 3.64. The maximum absolute atomic E-state index is 9.39. The highest BCUT2D eigenvalue weighted by atomic mass is 15.2.